The SMILES string of the molecule is C#C[C@]1(O)[C@H](O)C[C@H]2[C@@H]3CCc4cc(O)ccc4[C@H]3[C@@H](OC)C[C@@]21C. The van der Waals surface area contributed by atoms with Crippen molar-refractivity contribution in [2.24, 2.45) is 17.3 Å². The summed E-state index contributed by atoms with van der Waals surface area (Å²) in [6.07, 6.45) is 7.69. The smallest absolute Gasteiger partial charge is 0.156 e. The van der Waals surface area contributed by atoms with Crippen molar-refractivity contribution in [2.45, 2.75) is 56.3 Å². The van der Waals surface area contributed by atoms with E-state index in [2.05, 4.69) is 5.92 Å². The van der Waals surface area contributed by atoms with E-state index in [1.54, 1.807) is 13.2 Å². The maximum atomic E-state index is 11.1. The molecule has 2 fully saturated rings. The first kappa shape index (κ1) is 16.9. The van der Waals surface area contributed by atoms with Crippen LogP contribution < -0.4 is 0 Å². The van der Waals surface area contributed by atoms with Crippen molar-refractivity contribution < 1.29 is 20.1 Å². The van der Waals surface area contributed by atoms with Crippen LogP contribution in [0, 0.1) is 29.6 Å². The summed E-state index contributed by atoms with van der Waals surface area (Å²) in [5.74, 6) is 3.48. The Hall–Kier alpha value is -1.54. The molecule has 0 aromatic heterocycles. The number of hydrogen-bond acceptors (Lipinski definition) is 4. The Balaban J connectivity index is 1.81. The van der Waals surface area contributed by atoms with Crippen molar-refractivity contribution >= 4 is 0 Å². The second-order valence-corrected chi connectivity index (χ2v) is 8.28. The van der Waals surface area contributed by atoms with Crippen LogP contribution in [-0.4, -0.2) is 40.2 Å². The second-order valence-electron chi connectivity index (χ2n) is 8.28. The van der Waals surface area contributed by atoms with E-state index in [0.717, 1.165) is 12.8 Å². The number of phenols is 1. The number of methoxy groups -OCH3 is 1. The van der Waals surface area contributed by atoms with Gasteiger partial charge in [0.25, 0.3) is 0 Å². The van der Waals surface area contributed by atoms with Crippen LogP contribution in [0.25, 0.3) is 0 Å². The standard InChI is InChI=1S/C21H26O4/c1-4-21(24)18(23)10-16-15-7-5-12-9-13(22)6-8-14(12)19(15)17(25-3)11-20(16,21)2/h1,6,8-9,15-19,22-24H,5,7,10-11H2,2-3H3/t15-,16-,17-,18+,19+,20-,21-/m0/s1. The number of aromatic hydroxyl groups is 1. The van der Waals surface area contributed by atoms with E-state index in [-0.39, 0.29) is 17.9 Å². The fourth-order valence-electron chi connectivity index (χ4n) is 6.12. The highest BCUT2D eigenvalue weighted by molar-refractivity contribution is 5.42. The van der Waals surface area contributed by atoms with Crippen molar-refractivity contribution in [2.75, 3.05) is 7.11 Å². The summed E-state index contributed by atoms with van der Waals surface area (Å²) < 4.78 is 5.87. The molecule has 4 rings (SSSR count). The molecule has 4 nitrogen and oxygen atoms in total. The number of aliphatic hydroxyl groups is 2. The molecule has 3 aliphatic rings. The minimum Gasteiger partial charge on any atom is -0.508 e. The van der Waals surface area contributed by atoms with Gasteiger partial charge in [-0.1, -0.05) is 18.9 Å². The van der Waals surface area contributed by atoms with Gasteiger partial charge in [-0.3, -0.25) is 0 Å². The van der Waals surface area contributed by atoms with Crippen molar-refractivity contribution in [3.05, 3.63) is 29.3 Å². The van der Waals surface area contributed by atoms with Crippen LogP contribution >= 0.6 is 0 Å². The Morgan fingerprint density at radius 2 is 2.12 bits per heavy atom. The highest BCUT2D eigenvalue weighted by Crippen LogP contribution is 2.64. The maximum Gasteiger partial charge on any atom is 0.156 e. The van der Waals surface area contributed by atoms with Crippen LogP contribution in [0.1, 0.15) is 43.2 Å². The predicted octanol–water partition coefficient (Wildman–Crippen LogP) is 2.21. The van der Waals surface area contributed by atoms with E-state index in [1.165, 1.54) is 11.1 Å². The van der Waals surface area contributed by atoms with Crippen LogP contribution in [0.5, 0.6) is 5.75 Å². The Morgan fingerprint density at radius 1 is 1.36 bits per heavy atom. The third-order valence-corrected chi connectivity index (χ3v) is 7.41. The topological polar surface area (TPSA) is 69.9 Å². The Morgan fingerprint density at radius 3 is 2.80 bits per heavy atom. The van der Waals surface area contributed by atoms with Gasteiger partial charge in [-0.25, -0.2) is 0 Å². The summed E-state index contributed by atoms with van der Waals surface area (Å²) in [5.41, 5.74) is 0.345. The van der Waals surface area contributed by atoms with Crippen LogP contribution in [0.4, 0.5) is 0 Å². The highest BCUT2D eigenvalue weighted by Gasteiger charge is 2.67. The van der Waals surface area contributed by atoms with Gasteiger partial charge in [0.1, 0.15) is 5.75 Å². The summed E-state index contributed by atoms with van der Waals surface area (Å²) in [5, 5.41) is 31.5. The molecule has 4 heteroatoms. The van der Waals surface area contributed by atoms with E-state index in [9.17, 15) is 15.3 Å². The minimum atomic E-state index is -1.51. The van der Waals surface area contributed by atoms with Gasteiger partial charge in [0.15, 0.2) is 5.60 Å². The molecule has 3 aliphatic carbocycles. The molecule has 0 unspecified atom stereocenters. The molecule has 0 aliphatic heterocycles. The fraction of sp³-hybridized carbons (Fsp3) is 0.619. The van der Waals surface area contributed by atoms with Gasteiger partial charge >= 0.3 is 0 Å². The number of aryl methyl sites for hydroxylation is 1. The third kappa shape index (κ3) is 2.07. The summed E-state index contributed by atoms with van der Waals surface area (Å²) >= 11 is 0. The zero-order valence-electron chi connectivity index (χ0n) is 14.8. The first-order valence-electron chi connectivity index (χ1n) is 9.08. The zero-order chi connectivity index (χ0) is 18.0. The number of terminal acetylenes is 1. The zero-order valence-corrected chi connectivity index (χ0v) is 14.8. The number of phenolic OH excluding ortho intramolecular Hbond substituents is 1. The van der Waals surface area contributed by atoms with Crippen LogP contribution in [0.15, 0.2) is 18.2 Å². The van der Waals surface area contributed by atoms with Crippen LogP contribution in [0.3, 0.4) is 0 Å². The number of aliphatic hydroxyl groups excluding tert-OH is 1. The van der Waals surface area contributed by atoms with E-state index >= 15 is 0 Å². The predicted molar refractivity (Wildman–Crippen MR) is 94.1 cm³/mol. The molecule has 25 heavy (non-hydrogen) atoms. The van der Waals surface area contributed by atoms with E-state index in [0.29, 0.717) is 24.5 Å². The number of rotatable bonds is 1. The molecule has 0 amide bonds. The molecule has 0 bridgehead atoms. The lowest BCUT2D eigenvalue weighted by atomic mass is 9.52. The summed E-state index contributed by atoms with van der Waals surface area (Å²) in [4.78, 5) is 0. The molecule has 134 valence electrons. The molecule has 2 saturated carbocycles. The molecule has 3 N–H and O–H groups in total. The number of benzene rings is 1. The molecule has 1 aromatic carbocycles. The summed E-state index contributed by atoms with van der Waals surface area (Å²) in [6.45, 7) is 2.02. The molecule has 0 spiro atoms. The average Bonchev–Trinajstić information content (AvgIpc) is 2.81. The van der Waals surface area contributed by atoms with Gasteiger partial charge in [0, 0.05) is 18.4 Å². The molecule has 7 atom stereocenters. The van der Waals surface area contributed by atoms with E-state index < -0.39 is 17.1 Å². The molecule has 0 radical (unpaired) electrons. The molecular weight excluding hydrogens is 316 g/mol. The lowest BCUT2D eigenvalue weighted by Gasteiger charge is -2.54. The average molecular weight is 342 g/mol. The van der Waals surface area contributed by atoms with Crippen molar-refractivity contribution in [1.82, 2.24) is 0 Å². The normalized spacial score (nSPS) is 45.2. The number of fused-ring (bicyclic) bond motifs is 5. The first-order chi connectivity index (χ1) is 11.9. The van der Waals surface area contributed by atoms with Crippen LogP contribution in [-0.2, 0) is 11.2 Å². The summed E-state index contributed by atoms with van der Waals surface area (Å²) in [7, 11) is 1.71. The second kappa shape index (κ2) is 5.48. The molecule has 1 aromatic rings. The van der Waals surface area contributed by atoms with Crippen molar-refractivity contribution in [1.29, 1.82) is 0 Å². The van der Waals surface area contributed by atoms with Crippen molar-refractivity contribution in [3.8, 4) is 18.1 Å². The Bertz CT molecular complexity index is 738. The number of ether oxygens (including phenoxy) is 1. The minimum absolute atomic E-state index is 0.0694. The van der Waals surface area contributed by atoms with Gasteiger partial charge in [-0.15, -0.1) is 6.42 Å². The Labute approximate surface area is 148 Å². The lowest BCUT2D eigenvalue weighted by Crippen LogP contribution is -2.56. The largest absolute Gasteiger partial charge is 0.508 e. The fourth-order valence-corrected chi connectivity index (χ4v) is 6.12. The maximum absolute atomic E-state index is 11.1. The highest BCUT2D eigenvalue weighted by atomic mass is 16.5. The Kier molecular flexibility index (Phi) is 3.70. The van der Waals surface area contributed by atoms with Gasteiger partial charge < -0.3 is 20.1 Å². The first-order valence-corrected chi connectivity index (χ1v) is 9.08. The molecule has 0 heterocycles. The monoisotopic (exact) mass is 342 g/mol. The van der Waals surface area contributed by atoms with Gasteiger partial charge in [0.2, 0.25) is 0 Å². The van der Waals surface area contributed by atoms with E-state index in [4.69, 9.17) is 11.2 Å². The third-order valence-electron chi connectivity index (χ3n) is 7.41. The van der Waals surface area contributed by atoms with Gasteiger partial charge in [0.05, 0.1) is 12.2 Å². The molecule has 0 saturated heterocycles. The number of hydrogen-bond donors (Lipinski definition) is 3. The quantitative estimate of drug-likeness (QED) is 0.685. The van der Waals surface area contributed by atoms with Gasteiger partial charge in [-0.05, 0) is 60.8 Å². The van der Waals surface area contributed by atoms with Crippen LogP contribution in [0.2, 0.25) is 0 Å². The lowest BCUT2D eigenvalue weighted by molar-refractivity contribution is -0.134. The summed E-state index contributed by atoms with van der Waals surface area (Å²) in [6, 6.07) is 5.60. The molecular formula is C21H26O4. The van der Waals surface area contributed by atoms with E-state index in [1.807, 2.05) is 19.1 Å². The van der Waals surface area contributed by atoms with Gasteiger partial charge in [-0.2, -0.15) is 0 Å². The van der Waals surface area contributed by atoms with Crippen molar-refractivity contribution in [3.63, 3.8) is 0 Å².